The molecule has 0 bridgehead atoms. The Bertz CT molecular complexity index is 1270. The molecule has 4 rings (SSSR count). The summed E-state index contributed by atoms with van der Waals surface area (Å²) in [5.74, 6) is 0.105. The first-order chi connectivity index (χ1) is 15.2. The van der Waals surface area contributed by atoms with E-state index in [-0.39, 0.29) is 17.8 Å². The number of carbonyl (C=O) groups is 1. The summed E-state index contributed by atoms with van der Waals surface area (Å²) in [7, 11) is 0. The first-order valence-electron chi connectivity index (χ1n) is 10.3. The fourth-order valence-electron chi connectivity index (χ4n) is 3.47. The van der Waals surface area contributed by atoms with E-state index in [0.717, 1.165) is 27.7 Å². The minimum absolute atomic E-state index is 0.116. The van der Waals surface area contributed by atoms with E-state index < -0.39 is 6.03 Å². The SMILES string of the molecule is CC(C)(C)c1cc(NC(=O)Nc2ccc(F)cc2)n(-c2cc(CO)c3ccccc3c2)n1. The minimum atomic E-state index is -0.471. The van der Waals surface area contributed by atoms with Crippen LogP contribution in [-0.2, 0) is 12.0 Å². The van der Waals surface area contributed by atoms with Crippen LogP contribution >= 0.6 is 0 Å². The van der Waals surface area contributed by atoms with Crippen LogP contribution in [0.2, 0.25) is 0 Å². The molecule has 0 spiro atoms. The third-order valence-corrected chi connectivity index (χ3v) is 5.17. The number of carbonyl (C=O) groups excluding carboxylic acids is 1. The molecule has 3 aromatic carbocycles. The summed E-state index contributed by atoms with van der Waals surface area (Å²) in [4.78, 5) is 12.6. The van der Waals surface area contributed by atoms with Gasteiger partial charge in [-0.1, -0.05) is 45.0 Å². The molecule has 6 nitrogen and oxygen atoms in total. The Hall–Kier alpha value is -3.71. The van der Waals surface area contributed by atoms with Gasteiger partial charge in [0.15, 0.2) is 0 Å². The highest BCUT2D eigenvalue weighted by Crippen LogP contribution is 2.29. The van der Waals surface area contributed by atoms with Crippen molar-refractivity contribution in [2.75, 3.05) is 10.6 Å². The molecule has 0 saturated carbocycles. The number of hydrogen-bond acceptors (Lipinski definition) is 3. The maximum Gasteiger partial charge on any atom is 0.324 e. The van der Waals surface area contributed by atoms with Gasteiger partial charge in [0.25, 0.3) is 0 Å². The van der Waals surface area contributed by atoms with Gasteiger partial charge < -0.3 is 10.4 Å². The Morgan fingerprint density at radius 3 is 2.44 bits per heavy atom. The van der Waals surface area contributed by atoms with Gasteiger partial charge in [-0.15, -0.1) is 0 Å². The molecule has 1 aromatic heterocycles. The summed E-state index contributed by atoms with van der Waals surface area (Å²) in [6, 6.07) is 18.5. The molecule has 0 unspecified atom stereocenters. The van der Waals surface area contributed by atoms with E-state index in [1.165, 1.54) is 24.3 Å². The van der Waals surface area contributed by atoms with E-state index in [9.17, 15) is 14.3 Å². The molecule has 4 aromatic rings. The Morgan fingerprint density at radius 2 is 1.75 bits per heavy atom. The molecule has 0 aliphatic rings. The quantitative estimate of drug-likeness (QED) is 0.393. The molecule has 0 aliphatic heterocycles. The van der Waals surface area contributed by atoms with Crippen LogP contribution in [0.25, 0.3) is 16.5 Å². The zero-order valence-electron chi connectivity index (χ0n) is 18.2. The van der Waals surface area contributed by atoms with Gasteiger partial charge in [-0.3, -0.25) is 5.32 Å². The van der Waals surface area contributed by atoms with Crippen molar-refractivity contribution in [2.45, 2.75) is 32.8 Å². The van der Waals surface area contributed by atoms with Crippen LogP contribution in [0.4, 0.5) is 20.7 Å². The van der Waals surface area contributed by atoms with E-state index in [0.29, 0.717) is 11.5 Å². The topological polar surface area (TPSA) is 79.2 Å². The van der Waals surface area contributed by atoms with Crippen LogP contribution in [0.5, 0.6) is 0 Å². The van der Waals surface area contributed by atoms with E-state index in [1.807, 2.05) is 63.2 Å². The highest BCUT2D eigenvalue weighted by molar-refractivity contribution is 5.99. The number of benzene rings is 3. The minimum Gasteiger partial charge on any atom is -0.392 e. The lowest BCUT2D eigenvalue weighted by Crippen LogP contribution is -2.21. The van der Waals surface area contributed by atoms with E-state index in [1.54, 1.807) is 4.68 Å². The lowest BCUT2D eigenvalue weighted by atomic mass is 9.92. The number of nitrogens with one attached hydrogen (secondary N) is 2. The summed E-state index contributed by atoms with van der Waals surface area (Å²) < 4.78 is 14.8. The standard InChI is InChI=1S/C25H25FN4O2/c1-25(2,3)22-14-23(28-24(32)27-19-10-8-18(26)9-11-19)30(29-22)20-12-16-6-4-5-7-21(16)17(13-20)15-31/h4-14,31H,15H2,1-3H3,(H2,27,28,32). The van der Waals surface area contributed by atoms with E-state index >= 15 is 0 Å². The van der Waals surface area contributed by atoms with Crippen LogP contribution < -0.4 is 10.6 Å². The molecule has 1 heterocycles. The second-order valence-electron chi connectivity index (χ2n) is 8.65. The van der Waals surface area contributed by atoms with Crippen molar-refractivity contribution >= 4 is 28.3 Å². The molecule has 164 valence electrons. The summed E-state index contributed by atoms with van der Waals surface area (Å²) in [5.41, 5.74) is 2.52. The largest absolute Gasteiger partial charge is 0.392 e. The molecule has 0 atom stereocenters. The van der Waals surface area contributed by atoms with Crippen molar-refractivity contribution in [3.05, 3.63) is 83.8 Å². The number of hydrogen-bond donors (Lipinski definition) is 3. The number of urea groups is 1. The van der Waals surface area contributed by atoms with Gasteiger partial charge in [0, 0.05) is 17.2 Å². The van der Waals surface area contributed by atoms with Crippen LogP contribution in [0.15, 0.2) is 66.7 Å². The second-order valence-corrected chi connectivity index (χ2v) is 8.65. The molecule has 3 N–H and O–H groups in total. The van der Waals surface area contributed by atoms with Crippen molar-refractivity contribution in [3.8, 4) is 5.69 Å². The molecule has 32 heavy (non-hydrogen) atoms. The number of rotatable bonds is 4. The number of fused-ring (bicyclic) bond motifs is 1. The average Bonchev–Trinajstić information content (AvgIpc) is 3.18. The normalized spacial score (nSPS) is 11.5. The van der Waals surface area contributed by atoms with Crippen molar-refractivity contribution < 1.29 is 14.3 Å². The summed E-state index contributed by atoms with van der Waals surface area (Å²) in [6.07, 6.45) is 0. The van der Waals surface area contributed by atoms with Gasteiger partial charge in [0.1, 0.15) is 11.6 Å². The molecular formula is C25H25FN4O2. The van der Waals surface area contributed by atoms with Gasteiger partial charge in [-0.25, -0.2) is 13.9 Å². The lowest BCUT2D eigenvalue weighted by molar-refractivity contribution is 0.262. The highest BCUT2D eigenvalue weighted by Gasteiger charge is 2.22. The summed E-state index contributed by atoms with van der Waals surface area (Å²) in [5, 5.41) is 22.1. The highest BCUT2D eigenvalue weighted by atomic mass is 19.1. The maximum atomic E-state index is 13.1. The zero-order valence-corrected chi connectivity index (χ0v) is 18.2. The maximum absolute atomic E-state index is 13.1. The van der Waals surface area contributed by atoms with Gasteiger partial charge in [-0.2, -0.15) is 5.10 Å². The van der Waals surface area contributed by atoms with Gasteiger partial charge >= 0.3 is 6.03 Å². The predicted molar refractivity (Wildman–Crippen MR) is 125 cm³/mol. The fraction of sp³-hybridized carbons (Fsp3) is 0.200. The number of aliphatic hydroxyl groups is 1. The molecule has 0 fully saturated rings. The predicted octanol–water partition coefficient (Wildman–Crippen LogP) is 5.60. The smallest absolute Gasteiger partial charge is 0.324 e. The molecule has 0 aliphatic carbocycles. The third kappa shape index (κ3) is 4.48. The van der Waals surface area contributed by atoms with E-state index in [2.05, 4.69) is 10.6 Å². The number of aliphatic hydroxyl groups excluding tert-OH is 1. The van der Waals surface area contributed by atoms with Gasteiger partial charge in [0.2, 0.25) is 0 Å². The van der Waals surface area contributed by atoms with Gasteiger partial charge in [0.05, 0.1) is 18.0 Å². The summed E-state index contributed by atoms with van der Waals surface area (Å²) >= 11 is 0. The fourth-order valence-corrected chi connectivity index (χ4v) is 3.47. The average molecular weight is 432 g/mol. The number of nitrogens with zero attached hydrogens (tertiary/aromatic N) is 2. The Kier molecular flexibility index (Phi) is 5.67. The Labute approximate surface area is 185 Å². The zero-order chi connectivity index (χ0) is 22.9. The van der Waals surface area contributed by atoms with Gasteiger partial charge in [-0.05, 0) is 52.7 Å². The number of aromatic nitrogens is 2. The van der Waals surface area contributed by atoms with Crippen molar-refractivity contribution in [1.82, 2.24) is 9.78 Å². The molecule has 0 radical (unpaired) electrons. The second kappa shape index (κ2) is 8.43. The molecular weight excluding hydrogens is 407 g/mol. The molecule has 2 amide bonds. The Morgan fingerprint density at radius 1 is 1.03 bits per heavy atom. The first kappa shape index (κ1) is 21.5. The van der Waals surface area contributed by atoms with Crippen molar-refractivity contribution in [2.24, 2.45) is 0 Å². The summed E-state index contributed by atoms with van der Waals surface area (Å²) in [6.45, 7) is 6.01. The number of anilines is 2. The number of halogens is 1. The van der Waals surface area contributed by atoms with Crippen LogP contribution in [0.3, 0.4) is 0 Å². The van der Waals surface area contributed by atoms with Crippen molar-refractivity contribution in [3.63, 3.8) is 0 Å². The van der Waals surface area contributed by atoms with Crippen LogP contribution in [0.1, 0.15) is 32.0 Å². The van der Waals surface area contributed by atoms with E-state index in [4.69, 9.17) is 5.10 Å². The first-order valence-corrected chi connectivity index (χ1v) is 10.3. The molecule has 7 heteroatoms. The van der Waals surface area contributed by atoms with Crippen LogP contribution in [-0.4, -0.2) is 20.9 Å². The number of amides is 2. The Balaban J connectivity index is 1.73. The molecule has 0 saturated heterocycles. The van der Waals surface area contributed by atoms with Crippen LogP contribution in [0, 0.1) is 5.82 Å². The third-order valence-electron chi connectivity index (χ3n) is 5.17. The lowest BCUT2D eigenvalue weighted by Gasteiger charge is -2.14. The monoisotopic (exact) mass is 432 g/mol. The van der Waals surface area contributed by atoms with Crippen molar-refractivity contribution in [1.29, 1.82) is 0 Å².